The smallest absolute Gasteiger partial charge is 0.230 e. The minimum Gasteiger partial charge on any atom is -0.424 e. The Balaban J connectivity index is 1.98. The lowest BCUT2D eigenvalue weighted by atomic mass is 10.0. The van der Waals surface area contributed by atoms with Crippen molar-refractivity contribution < 1.29 is 4.42 Å². The van der Waals surface area contributed by atoms with Crippen LogP contribution < -0.4 is 0 Å². The van der Waals surface area contributed by atoms with E-state index < -0.39 is 0 Å². The number of nitrogens with zero attached hydrogens (tertiary/aromatic N) is 3. The molecule has 1 aromatic rings. The number of rotatable bonds is 4. The molecule has 4 nitrogen and oxygen atoms in total. The average molecular weight is 237 g/mol. The lowest BCUT2D eigenvalue weighted by Crippen LogP contribution is -2.38. The number of aromatic nitrogens is 2. The fraction of sp³-hybridized carbons (Fsp3) is 0.846. The van der Waals surface area contributed by atoms with Crippen LogP contribution in [-0.4, -0.2) is 27.7 Å². The van der Waals surface area contributed by atoms with Crippen molar-refractivity contribution in [2.24, 2.45) is 0 Å². The summed E-state index contributed by atoms with van der Waals surface area (Å²) in [4.78, 5) is 2.49. The van der Waals surface area contributed by atoms with E-state index >= 15 is 0 Å². The van der Waals surface area contributed by atoms with Gasteiger partial charge >= 0.3 is 0 Å². The molecule has 1 saturated heterocycles. The molecule has 96 valence electrons. The molecule has 17 heavy (non-hydrogen) atoms. The molecule has 2 rings (SSSR count). The second kappa shape index (κ2) is 5.63. The first-order chi connectivity index (χ1) is 8.20. The molecule has 0 aliphatic carbocycles. The van der Waals surface area contributed by atoms with Gasteiger partial charge in [0.2, 0.25) is 11.8 Å². The van der Waals surface area contributed by atoms with E-state index in [1.165, 1.54) is 25.7 Å². The van der Waals surface area contributed by atoms with Gasteiger partial charge in [-0.15, -0.1) is 10.2 Å². The predicted molar refractivity (Wildman–Crippen MR) is 66.7 cm³/mol. The maximum Gasteiger partial charge on any atom is 0.230 e. The van der Waals surface area contributed by atoms with Gasteiger partial charge in [0, 0.05) is 12.0 Å². The number of hydrogen-bond acceptors (Lipinski definition) is 4. The molecule has 0 spiro atoms. The molecule has 0 bridgehead atoms. The predicted octanol–water partition coefficient (Wildman–Crippen LogP) is 2.96. The molecule has 1 aliphatic heterocycles. The molecule has 0 amide bonds. The van der Waals surface area contributed by atoms with Crippen LogP contribution in [0.4, 0.5) is 0 Å². The summed E-state index contributed by atoms with van der Waals surface area (Å²) in [7, 11) is 0. The Bertz CT molecular complexity index is 348. The van der Waals surface area contributed by atoms with Gasteiger partial charge in [-0.2, -0.15) is 0 Å². The first-order valence-electron chi connectivity index (χ1n) is 6.77. The van der Waals surface area contributed by atoms with Gasteiger partial charge in [0.1, 0.15) is 0 Å². The molecule has 0 saturated carbocycles. The van der Waals surface area contributed by atoms with E-state index in [4.69, 9.17) is 4.42 Å². The fourth-order valence-corrected chi connectivity index (χ4v) is 2.47. The molecular weight excluding hydrogens is 214 g/mol. The number of piperidine rings is 1. The third-order valence-electron chi connectivity index (χ3n) is 3.54. The minimum absolute atomic E-state index is 0.319. The SMILES string of the molecule is CCC1CCCCN1Cc1nnc(C(C)C)o1. The number of likely N-dealkylation sites (tertiary alicyclic amines) is 1. The summed E-state index contributed by atoms with van der Waals surface area (Å²) in [5, 5.41) is 8.23. The molecule has 1 fully saturated rings. The zero-order chi connectivity index (χ0) is 12.3. The summed E-state index contributed by atoms with van der Waals surface area (Å²) in [6.45, 7) is 8.40. The van der Waals surface area contributed by atoms with Gasteiger partial charge in [-0.25, -0.2) is 0 Å². The Kier molecular flexibility index (Phi) is 4.15. The van der Waals surface area contributed by atoms with Crippen LogP contribution in [0.3, 0.4) is 0 Å². The van der Waals surface area contributed by atoms with Crippen molar-refractivity contribution in [3.05, 3.63) is 11.8 Å². The summed E-state index contributed by atoms with van der Waals surface area (Å²) in [6.07, 6.45) is 5.17. The van der Waals surface area contributed by atoms with Crippen LogP contribution in [0.1, 0.15) is 64.2 Å². The second-order valence-corrected chi connectivity index (χ2v) is 5.22. The molecule has 2 heterocycles. The third-order valence-corrected chi connectivity index (χ3v) is 3.54. The topological polar surface area (TPSA) is 42.2 Å². The van der Waals surface area contributed by atoms with Crippen molar-refractivity contribution in [2.75, 3.05) is 6.54 Å². The van der Waals surface area contributed by atoms with Gasteiger partial charge in [0.15, 0.2) is 0 Å². The molecule has 1 unspecified atom stereocenters. The largest absolute Gasteiger partial charge is 0.424 e. The molecule has 1 aromatic heterocycles. The lowest BCUT2D eigenvalue weighted by Gasteiger charge is -2.33. The van der Waals surface area contributed by atoms with Crippen molar-refractivity contribution >= 4 is 0 Å². The second-order valence-electron chi connectivity index (χ2n) is 5.22. The van der Waals surface area contributed by atoms with Crippen LogP contribution in [-0.2, 0) is 6.54 Å². The van der Waals surface area contributed by atoms with Crippen LogP contribution in [0, 0.1) is 0 Å². The molecule has 1 aliphatic rings. The van der Waals surface area contributed by atoms with E-state index in [0.717, 1.165) is 24.9 Å². The maximum atomic E-state index is 5.68. The minimum atomic E-state index is 0.319. The Hall–Kier alpha value is -0.900. The van der Waals surface area contributed by atoms with E-state index in [1.807, 2.05) is 0 Å². The van der Waals surface area contributed by atoms with Gasteiger partial charge in [0.05, 0.1) is 6.54 Å². The maximum absolute atomic E-state index is 5.68. The highest BCUT2D eigenvalue weighted by Crippen LogP contribution is 2.22. The Morgan fingerprint density at radius 1 is 1.35 bits per heavy atom. The fourth-order valence-electron chi connectivity index (χ4n) is 2.47. The van der Waals surface area contributed by atoms with Crippen LogP contribution in [0.2, 0.25) is 0 Å². The van der Waals surface area contributed by atoms with Crippen molar-refractivity contribution in [1.82, 2.24) is 15.1 Å². The number of hydrogen-bond donors (Lipinski definition) is 0. The monoisotopic (exact) mass is 237 g/mol. The van der Waals surface area contributed by atoms with Gasteiger partial charge < -0.3 is 4.42 Å². The summed E-state index contributed by atoms with van der Waals surface area (Å²) >= 11 is 0. The van der Waals surface area contributed by atoms with E-state index in [9.17, 15) is 0 Å². The van der Waals surface area contributed by atoms with Gasteiger partial charge in [-0.1, -0.05) is 27.2 Å². The summed E-state index contributed by atoms with van der Waals surface area (Å²) in [5.74, 6) is 1.85. The molecule has 0 radical (unpaired) electrons. The molecule has 1 atom stereocenters. The van der Waals surface area contributed by atoms with Gasteiger partial charge in [0.25, 0.3) is 0 Å². The zero-order valence-corrected chi connectivity index (χ0v) is 11.1. The molecular formula is C13H23N3O. The van der Waals surface area contributed by atoms with Crippen LogP contribution in [0.5, 0.6) is 0 Å². The Morgan fingerprint density at radius 2 is 2.18 bits per heavy atom. The quantitative estimate of drug-likeness (QED) is 0.807. The Labute approximate surface area is 103 Å². The van der Waals surface area contributed by atoms with Gasteiger partial charge in [-0.05, 0) is 25.8 Å². The van der Waals surface area contributed by atoms with Gasteiger partial charge in [-0.3, -0.25) is 4.90 Å². The van der Waals surface area contributed by atoms with E-state index in [0.29, 0.717) is 12.0 Å². The average Bonchev–Trinajstić information content (AvgIpc) is 2.78. The zero-order valence-electron chi connectivity index (χ0n) is 11.1. The summed E-state index contributed by atoms with van der Waals surface area (Å²) < 4.78 is 5.68. The summed E-state index contributed by atoms with van der Waals surface area (Å²) in [6, 6.07) is 0.693. The van der Waals surface area contributed by atoms with E-state index in [-0.39, 0.29) is 0 Å². The van der Waals surface area contributed by atoms with E-state index in [2.05, 4.69) is 35.9 Å². The first kappa shape index (κ1) is 12.6. The van der Waals surface area contributed by atoms with Crippen molar-refractivity contribution in [3.8, 4) is 0 Å². The molecule has 0 N–H and O–H groups in total. The lowest BCUT2D eigenvalue weighted by molar-refractivity contribution is 0.123. The normalized spacial score (nSPS) is 22.2. The van der Waals surface area contributed by atoms with Crippen molar-refractivity contribution in [3.63, 3.8) is 0 Å². The highest BCUT2D eigenvalue weighted by Gasteiger charge is 2.22. The highest BCUT2D eigenvalue weighted by atomic mass is 16.4. The third kappa shape index (κ3) is 3.06. The standard InChI is InChI=1S/C13H23N3O/c1-4-11-7-5-6-8-16(11)9-12-14-15-13(17-12)10(2)3/h10-11H,4-9H2,1-3H3. The van der Waals surface area contributed by atoms with E-state index in [1.54, 1.807) is 0 Å². The highest BCUT2D eigenvalue weighted by molar-refractivity contribution is 4.88. The van der Waals surface area contributed by atoms with Crippen molar-refractivity contribution in [2.45, 2.75) is 65.0 Å². The van der Waals surface area contributed by atoms with Crippen molar-refractivity contribution in [1.29, 1.82) is 0 Å². The van der Waals surface area contributed by atoms with Crippen LogP contribution in [0.15, 0.2) is 4.42 Å². The summed E-state index contributed by atoms with van der Waals surface area (Å²) in [5.41, 5.74) is 0. The van der Waals surface area contributed by atoms with Crippen LogP contribution in [0.25, 0.3) is 0 Å². The first-order valence-corrected chi connectivity index (χ1v) is 6.77. The van der Waals surface area contributed by atoms with Crippen LogP contribution >= 0.6 is 0 Å². The molecule has 0 aromatic carbocycles. The Morgan fingerprint density at radius 3 is 2.82 bits per heavy atom. The molecule has 4 heteroatoms.